The van der Waals surface area contributed by atoms with Gasteiger partial charge in [-0.05, 0) is 45.7 Å². The Hall–Kier alpha value is -2.68. The molecule has 29 heavy (non-hydrogen) atoms. The molecule has 4 N–H and O–H groups in total. The number of ether oxygens (including phenoxy) is 1. The highest BCUT2D eigenvalue weighted by Gasteiger charge is 2.18. The van der Waals surface area contributed by atoms with E-state index in [1.54, 1.807) is 0 Å². The fraction of sp³-hybridized carbons (Fsp3) is 0.550. The average molecular weight is 413 g/mol. The van der Waals surface area contributed by atoms with Crippen molar-refractivity contribution in [2.75, 3.05) is 11.9 Å². The lowest BCUT2D eigenvalue weighted by atomic mass is 10.1. The summed E-state index contributed by atoms with van der Waals surface area (Å²) in [6, 6.07) is 4.09. The molecule has 1 aromatic carbocycles. The molecule has 0 aromatic heterocycles. The Labute approximate surface area is 171 Å². The van der Waals surface area contributed by atoms with E-state index in [0.29, 0.717) is 12.3 Å². The van der Waals surface area contributed by atoms with Gasteiger partial charge in [-0.2, -0.15) is 0 Å². The number of benzene rings is 1. The third kappa shape index (κ3) is 12.4. The van der Waals surface area contributed by atoms with Crippen molar-refractivity contribution < 1.29 is 28.6 Å². The van der Waals surface area contributed by atoms with E-state index < -0.39 is 23.9 Å². The van der Waals surface area contributed by atoms with Crippen molar-refractivity contribution in [2.24, 2.45) is 5.92 Å². The monoisotopic (exact) mass is 413 g/mol. The number of alkyl carbamates (subject to hydrolysis) is 1. The van der Waals surface area contributed by atoms with E-state index >= 15 is 0 Å². The van der Waals surface area contributed by atoms with Gasteiger partial charge in [-0.1, -0.05) is 19.9 Å². The van der Waals surface area contributed by atoms with Gasteiger partial charge < -0.3 is 25.8 Å². The molecule has 9 heteroatoms. The van der Waals surface area contributed by atoms with Crippen LogP contribution in [0.15, 0.2) is 18.2 Å². The summed E-state index contributed by atoms with van der Waals surface area (Å²) in [5.41, 5.74) is 0.0113. The smallest absolute Gasteiger partial charge is 0.407 e. The third-order valence-corrected chi connectivity index (χ3v) is 3.60. The summed E-state index contributed by atoms with van der Waals surface area (Å²) >= 11 is 0. The first kappa shape index (κ1) is 26.3. The van der Waals surface area contributed by atoms with Gasteiger partial charge in [0, 0.05) is 17.3 Å². The van der Waals surface area contributed by atoms with Gasteiger partial charge in [-0.25, -0.2) is 9.18 Å². The molecular weight excluding hydrogens is 381 g/mol. The van der Waals surface area contributed by atoms with Crippen LogP contribution < -0.4 is 16.0 Å². The van der Waals surface area contributed by atoms with Gasteiger partial charge in [-0.15, -0.1) is 0 Å². The summed E-state index contributed by atoms with van der Waals surface area (Å²) in [5, 5.41) is 16.1. The topological polar surface area (TPSA) is 117 Å². The predicted octanol–water partition coefficient (Wildman–Crippen LogP) is 2.56. The van der Waals surface area contributed by atoms with Crippen molar-refractivity contribution in [3.05, 3.63) is 29.6 Å². The van der Waals surface area contributed by atoms with E-state index in [1.807, 2.05) is 27.7 Å². The normalized spacial score (nSPS) is 11.6. The number of carbonyl (C=O) groups is 3. The first-order chi connectivity index (χ1) is 13.4. The molecule has 0 heterocycles. The molecule has 0 aliphatic heterocycles. The van der Waals surface area contributed by atoms with Gasteiger partial charge >= 0.3 is 6.09 Å². The van der Waals surface area contributed by atoms with Crippen molar-refractivity contribution in [1.82, 2.24) is 10.6 Å². The number of nitrogens with one attached hydrogen (secondary N) is 3. The Morgan fingerprint density at radius 1 is 1.24 bits per heavy atom. The number of amides is 3. The van der Waals surface area contributed by atoms with Gasteiger partial charge in [0.25, 0.3) is 0 Å². The van der Waals surface area contributed by atoms with Crippen molar-refractivity contribution in [2.45, 2.75) is 59.8 Å². The molecule has 0 spiro atoms. The number of carbonyl (C=O) groups excluding carboxylic acids is 3. The second kappa shape index (κ2) is 12.7. The van der Waals surface area contributed by atoms with Crippen LogP contribution in [0.4, 0.5) is 14.9 Å². The van der Waals surface area contributed by atoms with Crippen molar-refractivity contribution in [3.8, 4) is 0 Å². The maximum absolute atomic E-state index is 13.2. The standard InChI is InChI=1S/C10H11FN2O3.C10H21NO2/c11-9-3-8(2-1-7(9)5-14)13-10(16)4-12-6-15;1-7(2)8(3)11-9(12)13-10(4,5)6/h1-3,6,14H,4-5H2,(H,12,15)(H,13,16);7-8H,1-6H3,(H,11,12). The van der Waals surface area contributed by atoms with E-state index in [2.05, 4.69) is 29.8 Å². The van der Waals surface area contributed by atoms with Crippen molar-refractivity contribution in [3.63, 3.8) is 0 Å². The molecule has 1 rings (SSSR count). The van der Waals surface area contributed by atoms with Gasteiger partial charge in [0.15, 0.2) is 0 Å². The molecule has 1 atom stereocenters. The zero-order valence-corrected chi connectivity index (χ0v) is 17.8. The molecule has 0 aliphatic rings. The van der Waals surface area contributed by atoms with E-state index in [1.165, 1.54) is 12.1 Å². The van der Waals surface area contributed by atoms with Crippen LogP contribution in [0.3, 0.4) is 0 Å². The molecule has 164 valence electrons. The Morgan fingerprint density at radius 3 is 2.31 bits per heavy atom. The number of halogens is 1. The minimum Gasteiger partial charge on any atom is -0.444 e. The zero-order valence-electron chi connectivity index (χ0n) is 17.8. The van der Waals surface area contributed by atoms with Gasteiger partial charge in [0.05, 0.1) is 13.2 Å². The average Bonchev–Trinajstić information content (AvgIpc) is 2.59. The summed E-state index contributed by atoms with van der Waals surface area (Å²) in [4.78, 5) is 32.3. The van der Waals surface area contributed by atoms with E-state index in [0.717, 1.165) is 6.07 Å². The maximum Gasteiger partial charge on any atom is 0.407 e. The molecule has 0 saturated heterocycles. The molecule has 0 radical (unpaired) electrons. The quantitative estimate of drug-likeness (QED) is 0.513. The highest BCUT2D eigenvalue weighted by molar-refractivity contribution is 5.93. The van der Waals surface area contributed by atoms with Gasteiger partial charge in [-0.3, -0.25) is 9.59 Å². The van der Waals surface area contributed by atoms with Crippen LogP contribution in [-0.4, -0.2) is 41.7 Å². The van der Waals surface area contributed by atoms with Crippen LogP contribution in [0.1, 0.15) is 47.1 Å². The molecule has 3 amide bonds. The summed E-state index contributed by atoms with van der Waals surface area (Å²) in [7, 11) is 0. The molecule has 0 saturated carbocycles. The Kier molecular flexibility index (Phi) is 11.5. The number of aliphatic hydroxyl groups excluding tert-OH is 1. The predicted molar refractivity (Wildman–Crippen MR) is 109 cm³/mol. The van der Waals surface area contributed by atoms with Gasteiger partial charge in [0.1, 0.15) is 11.4 Å². The highest BCUT2D eigenvalue weighted by atomic mass is 19.1. The fourth-order valence-electron chi connectivity index (χ4n) is 1.75. The Morgan fingerprint density at radius 2 is 1.86 bits per heavy atom. The van der Waals surface area contributed by atoms with Crippen LogP contribution in [-0.2, 0) is 20.9 Å². The van der Waals surface area contributed by atoms with Crippen molar-refractivity contribution in [1.29, 1.82) is 0 Å². The van der Waals surface area contributed by atoms with Crippen molar-refractivity contribution >= 4 is 24.1 Å². The first-order valence-corrected chi connectivity index (χ1v) is 9.25. The van der Waals surface area contributed by atoms with Crippen LogP contribution in [0.2, 0.25) is 0 Å². The molecule has 0 aliphatic carbocycles. The molecule has 1 unspecified atom stereocenters. The number of aliphatic hydroxyl groups is 1. The van der Waals surface area contributed by atoms with Crippen LogP contribution in [0, 0.1) is 11.7 Å². The highest BCUT2D eigenvalue weighted by Crippen LogP contribution is 2.14. The van der Waals surface area contributed by atoms with E-state index in [9.17, 15) is 18.8 Å². The largest absolute Gasteiger partial charge is 0.444 e. The Bertz CT molecular complexity index is 675. The molecule has 0 bridgehead atoms. The minimum absolute atomic E-state index is 0.148. The molecule has 1 aromatic rings. The summed E-state index contributed by atoms with van der Waals surface area (Å²) in [6.45, 7) is 11.1. The molecule has 0 fully saturated rings. The summed E-state index contributed by atoms with van der Waals surface area (Å²) in [5.74, 6) is -0.626. The second-order valence-electron chi connectivity index (χ2n) is 7.69. The number of hydrogen-bond donors (Lipinski definition) is 4. The summed E-state index contributed by atoms with van der Waals surface area (Å²) < 4.78 is 18.3. The molecule has 8 nitrogen and oxygen atoms in total. The zero-order chi connectivity index (χ0) is 22.6. The summed E-state index contributed by atoms with van der Waals surface area (Å²) in [6.07, 6.45) is 0.0587. The Balaban J connectivity index is 0.000000555. The number of anilines is 1. The molecular formula is C20H32FN3O5. The lowest BCUT2D eigenvalue weighted by Crippen LogP contribution is -2.39. The van der Waals surface area contributed by atoms with Crippen LogP contribution in [0.25, 0.3) is 0 Å². The third-order valence-electron chi connectivity index (χ3n) is 3.60. The van der Waals surface area contributed by atoms with Gasteiger partial charge in [0.2, 0.25) is 12.3 Å². The van der Waals surface area contributed by atoms with Crippen LogP contribution >= 0.6 is 0 Å². The minimum atomic E-state index is -0.594. The maximum atomic E-state index is 13.2. The number of hydrogen-bond acceptors (Lipinski definition) is 5. The van der Waals surface area contributed by atoms with E-state index in [-0.39, 0.29) is 29.9 Å². The lowest BCUT2D eigenvalue weighted by Gasteiger charge is -2.23. The van der Waals surface area contributed by atoms with E-state index in [4.69, 9.17) is 9.84 Å². The van der Waals surface area contributed by atoms with Crippen LogP contribution in [0.5, 0.6) is 0 Å². The lowest BCUT2D eigenvalue weighted by molar-refractivity contribution is -0.118. The fourth-order valence-corrected chi connectivity index (χ4v) is 1.75. The second-order valence-corrected chi connectivity index (χ2v) is 7.69. The number of rotatable bonds is 7. The first-order valence-electron chi connectivity index (χ1n) is 9.25. The SMILES string of the molecule is CC(C)C(C)NC(=O)OC(C)(C)C.O=CNCC(=O)Nc1ccc(CO)c(F)c1.